The molecule has 0 fully saturated rings. The lowest BCUT2D eigenvalue weighted by molar-refractivity contribution is 1.02. The summed E-state index contributed by atoms with van der Waals surface area (Å²) in [7, 11) is 0. The first-order chi connectivity index (χ1) is 10.9. The Bertz CT molecular complexity index is 1010. The Hall–Kier alpha value is -2.67. The van der Waals surface area contributed by atoms with Crippen LogP contribution in [0.4, 0.5) is 0 Å². The van der Waals surface area contributed by atoms with Crippen molar-refractivity contribution >= 4 is 21.7 Å². The number of nitrogens with zero attached hydrogens (tertiary/aromatic N) is 1. The summed E-state index contributed by atoms with van der Waals surface area (Å²) in [6.45, 7) is 0. The third-order valence-corrected chi connectivity index (χ3v) is 4.82. The van der Waals surface area contributed by atoms with Gasteiger partial charge in [0.1, 0.15) is 0 Å². The van der Waals surface area contributed by atoms with Crippen LogP contribution in [0.15, 0.2) is 66.9 Å². The van der Waals surface area contributed by atoms with Gasteiger partial charge in [-0.15, -0.1) is 0 Å². The smallest absolute Gasteiger partial charge is 0.0708 e. The van der Waals surface area contributed by atoms with Gasteiger partial charge in [0.05, 0.1) is 5.52 Å². The van der Waals surface area contributed by atoms with Gasteiger partial charge in [0.25, 0.3) is 0 Å². The van der Waals surface area contributed by atoms with E-state index in [-0.39, 0.29) is 0 Å². The molecule has 0 amide bonds. The minimum absolute atomic E-state index is 1.06. The van der Waals surface area contributed by atoms with Crippen molar-refractivity contribution in [2.45, 2.75) is 12.8 Å². The topological polar surface area (TPSA) is 12.9 Å². The monoisotopic (exact) mass is 281 g/mol. The minimum Gasteiger partial charge on any atom is -0.256 e. The molecule has 0 N–H and O–H groups in total. The van der Waals surface area contributed by atoms with Crippen LogP contribution in [0.25, 0.3) is 32.8 Å². The quantitative estimate of drug-likeness (QED) is 0.470. The highest BCUT2D eigenvalue weighted by atomic mass is 14.6. The highest BCUT2D eigenvalue weighted by Crippen LogP contribution is 2.38. The summed E-state index contributed by atoms with van der Waals surface area (Å²) in [6.07, 6.45) is 4.27. The fourth-order valence-electron chi connectivity index (χ4n) is 3.81. The average Bonchev–Trinajstić information content (AvgIpc) is 3.00. The van der Waals surface area contributed by atoms with E-state index < -0.39 is 0 Å². The largest absolute Gasteiger partial charge is 0.256 e. The van der Waals surface area contributed by atoms with Crippen LogP contribution >= 0.6 is 0 Å². The zero-order chi connectivity index (χ0) is 14.5. The standard InChI is InChI=1S/C21H15N/c1-2-7-20-18(5-1)17(12-13-22-20)16-11-10-15-9-8-14-4-3-6-19(16)21(14)15/h1-7,10-13H,8-9H2. The second-order valence-electron chi connectivity index (χ2n) is 5.99. The Kier molecular flexibility index (Phi) is 2.39. The second kappa shape index (κ2) is 4.41. The van der Waals surface area contributed by atoms with Crippen LogP contribution in [0.2, 0.25) is 0 Å². The van der Waals surface area contributed by atoms with Gasteiger partial charge in [0.2, 0.25) is 0 Å². The maximum Gasteiger partial charge on any atom is 0.0708 e. The van der Waals surface area contributed by atoms with Crippen molar-refractivity contribution in [3.63, 3.8) is 0 Å². The van der Waals surface area contributed by atoms with Gasteiger partial charge in [-0.3, -0.25) is 4.98 Å². The molecule has 1 aliphatic carbocycles. The van der Waals surface area contributed by atoms with E-state index in [1.54, 1.807) is 0 Å². The van der Waals surface area contributed by atoms with Crippen LogP contribution in [-0.4, -0.2) is 4.98 Å². The maximum absolute atomic E-state index is 4.49. The average molecular weight is 281 g/mol. The predicted octanol–water partition coefficient (Wildman–Crippen LogP) is 5.15. The number of fused-ring (bicyclic) bond motifs is 1. The molecule has 1 heterocycles. The number of aryl methyl sites for hydroxylation is 2. The molecule has 0 unspecified atom stereocenters. The van der Waals surface area contributed by atoms with Crippen molar-refractivity contribution in [1.29, 1.82) is 0 Å². The second-order valence-corrected chi connectivity index (χ2v) is 5.99. The summed E-state index contributed by atoms with van der Waals surface area (Å²) in [4.78, 5) is 4.49. The van der Waals surface area contributed by atoms with Crippen LogP contribution in [-0.2, 0) is 12.8 Å². The fraction of sp³-hybridized carbons (Fsp3) is 0.0952. The molecule has 0 atom stereocenters. The molecule has 0 radical (unpaired) electrons. The van der Waals surface area contributed by atoms with E-state index in [1.165, 1.54) is 51.3 Å². The third-order valence-electron chi connectivity index (χ3n) is 4.82. The van der Waals surface area contributed by atoms with Crippen molar-refractivity contribution in [1.82, 2.24) is 4.98 Å². The molecule has 22 heavy (non-hydrogen) atoms. The van der Waals surface area contributed by atoms with Crippen molar-refractivity contribution in [2.75, 3.05) is 0 Å². The van der Waals surface area contributed by atoms with Gasteiger partial charge in [0, 0.05) is 11.6 Å². The predicted molar refractivity (Wildman–Crippen MR) is 92.1 cm³/mol. The van der Waals surface area contributed by atoms with Gasteiger partial charge in [0.15, 0.2) is 0 Å². The Labute approximate surface area is 129 Å². The van der Waals surface area contributed by atoms with Crippen molar-refractivity contribution < 1.29 is 0 Å². The molecule has 0 saturated heterocycles. The number of hydrogen-bond acceptors (Lipinski definition) is 1. The third kappa shape index (κ3) is 1.57. The summed E-state index contributed by atoms with van der Waals surface area (Å²) in [5.41, 5.74) is 6.64. The van der Waals surface area contributed by atoms with Gasteiger partial charge < -0.3 is 0 Å². The SMILES string of the molecule is c1ccc2c(-c3ccc4c5c(cccc35)CC4)ccnc2c1. The number of hydrogen-bond donors (Lipinski definition) is 0. The Morgan fingerprint density at radius 2 is 1.41 bits per heavy atom. The number of pyridine rings is 1. The Balaban J connectivity index is 1.92. The molecular formula is C21H15N. The number of benzene rings is 3. The molecule has 0 spiro atoms. The zero-order valence-corrected chi connectivity index (χ0v) is 12.2. The van der Waals surface area contributed by atoms with Crippen molar-refractivity contribution in [2.24, 2.45) is 0 Å². The lowest BCUT2D eigenvalue weighted by Gasteiger charge is -2.11. The van der Waals surface area contributed by atoms with Crippen LogP contribution in [0.1, 0.15) is 11.1 Å². The molecule has 4 aromatic rings. The van der Waals surface area contributed by atoms with Gasteiger partial charge in [-0.25, -0.2) is 0 Å². The van der Waals surface area contributed by atoms with E-state index in [9.17, 15) is 0 Å². The molecule has 1 nitrogen and oxygen atoms in total. The molecule has 0 bridgehead atoms. The summed E-state index contributed by atoms with van der Waals surface area (Å²) < 4.78 is 0. The number of para-hydroxylation sites is 1. The summed E-state index contributed by atoms with van der Waals surface area (Å²) in [6, 6.07) is 21.9. The Morgan fingerprint density at radius 1 is 0.636 bits per heavy atom. The molecule has 0 aliphatic heterocycles. The van der Waals surface area contributed by atoms with E-state index in [0.29, 0.717) is 0 Å². The highest BCUT2D eigenvalue weighted by Gasteiger charge is 2.17. The molecule has 1 aliphatic rings. The molecular weight excluding hydrogens is 266 g/mol. The summed E-state index contributed by atoms with van der Waals surface area (Å²) in [5.74, 6) is 0. The van der Waals surface area contributed by atoms with Crippen LogP contribution in [0, 0.1) is 0 Å². The highest BCUT2D eigenvalue weighted by molar-refractivity contribution is 6.06. The first kappa shape index (κ1) is 11.9. The molecule has 5 rings (SSSR count). The lowest BCUT2D eigenvalue weighted by Crippen LogP contribution is -1.87. The molecule has 0 saturated carbocycles. The van der Waals surface area contributed by atoms with E-state index >= 15 is 0 Å². The van der Waals surface area contributed by atoms with Crippen molar-refractivity contribution in [3.05, 3.63) is 78.0 Å². The lowest BCUT2D eigenvalue weighted by atomic mass is 9.93. The summed E-state index contributed by atoms with van der Waals surface area (Å²) in [5, 5.41) is 4.08. The van der Waals surface area contributed by atoms with Gasteiger partial charge in [-0.05, 0) is 58.0 Å². The first-order valence-corrected chi connectivity index (χ1v) is 7.79. The van der Waals surface area contributed by atoms with Gasteiger partial charge >= 0.3 is 0 Å². The molecule has 1 heteroatoms. The van der Waals surface area contributed by atoms with Gasteiger partial charge in [-0.1, -0.05) is 48.5 Å². The van der Waals surface area contributed by atoms with Crippen LogP contribution in [0.3, 0.4) is 0 Å². The molecule has 104 valence electrons. The Morgan fingerprint density at radius 3 is 2.36 bits per heavy atom. The van der Waals surface area contributed by atoms with Crippen molar-refractivity contribution in [3.8, 4) is 11.1 Å². The van der Waals surface area contributed by atoms with Crippen LogP contribution in [0.5, 0.6) is 0 Å². The molecule has 1 aromatic heterocycles. The number of rotatable bonds is 1. The number of aromatic nitrogens is 1. The van der Waals surface area contributed by atoms with E-state index in [0.717, 1.165) is 5.52 Å². The normalized spacial score (nSPS) is 13.1. The van der Waals surface area contributed by atoms with Crippen LogP contribution < -0.4 is 0 Å². The van der Waals surface area contributed by atoms with E-state index in [4.69, 9.17) is 0 Å². The fourth-order valence-corrected chi connectivity index (χ4v) is 3.81. The van der Waals surface area contributed by atoms with E-state index in [1.807, 2.05) is 12.3 Å². The summed E-state index contributed by atoms with van der Waals surface area (Å²) >= 11 is 0. The first-order valence-electron chi connectivity index (χ1n) is 7.79. The minimum atomic E-state index is 1.06. The molecule has 3 aromatic carbocycles. The van der Waals surface area contributed by atoms with Gasteiger partial charge in [-0.2, -0.15) is 0 Å². The maximum atomic E-state index is 4.49. The zero-order valence-electron chi connectivity index (χ0n) is 12.2. The van der Waals surface area contributed by atoms with E-state index in [2.05, 4.69) is 59.6 Å².